The Morgan fingerprint density at radius 1 is 1.22 bits per heavy atom. The summed E-state index contributed by atoms with van der Waals surface area (Å²) >= 11 is 0. The van der Waals surface area contributed by atoms with Crippen molar-refractivity contribution in [2.75, 3.05) is 11.9 Å². The van der Waals surface area contributed by atoms with Crippen molar-refractivity contribution in [2.45, 2.75) is 32.7 Å². The van der Waals surface area contributed by atoms with Gasteiger partial charge in [0.2, 0.25) is 5.91 Å². The number of hydrogen-bond donors (Lipinski definition) is 2. The second-order valence-electron chi connectivity index (χ2n) is 5.69. The van der Waals surface area contributed by atoms with E-state index in [1.165, 1.54) is 6.92 Å². The summed E-state index contributed by atoms with van der Waals surface area (Å²) in [7, 11) is 0. The number of nitrogens with one attached hydrogen (secondary N) is 2. The van der Waals surface area contributed by atoms with Gasteiger partial charge in [0.05, 0.1) is 0 Å². The number of urea groups is 1. The van der Waals surface area contributed by atoms with Crippen LogP contribution >= 0.6 is 0 Å². The van der Waals surface area contributed by atoms with E-state index in [-0.39, 0.29) is 12.3 Å². The van der Waals surface area contributed by atoms with Gasteiger partial charge in [0.1, 0.15) is 12.1 Å². The van der Waals surface area contributed by atoms with Gasteiger partial charge in [-0.2, -0.15) is 0 Å². The summed E-state index contributed by atoms with van der Waals surface area (Å²) in [6.07, 6.45) is 0.447. The van der Waals surface area contributed by atoms with Crippen LogP contribution in [-0.4, -0.2) is 40.6 Å². The van der Waals surface area contributed by atoms with Crippen LogP contribution in [0, 0.1) is 0 Å². The maximum absolute atomic E-state index is 12.2. The highest BCUT2D eigenvalue weighted by Crippen LogP contribution is 2.20. The van der Waals surface area contributed by atoms with Crippen molar-refractivity contribution in [1.82, 2.24) is 10.2 Å². The predicted octanol–water partition coefficient (Wildman–Crippen LogP) is 1.55. The first-order valence-corrected chi connectivity index (χ1v) is 7.32. The topological polar surface area (TPSA) is 95.6 Å². The minimum atomic E-state index is -0.958. The molecular formula is C16H19N3O4. The average Bonchev–Trinajstić information content (AvgIpc) is 2.72. The van der Waals surface area contributed by atoms with Crippen LogP contribution in [0.3, 0.4) is 0 Å². The minimum Gasteiger partial charge on any atom is -0.325 e. The number of ketones is 1. The number of Topliss-reactive ketones (excluding diaryl/α,β-unsaturated/α-hetero) is 1. The first-order valence-electron chi connectivity index (χ1n) is 7.32. The van der Waals surface area contributed by atoms with E-state index in [0.717, 1.165) is 4.90 Å². The standard InChI is InChI=1S/C16H19N3O4/c1-4-16(3)14(22)19(15(23)18-16)9-13(21)17-12-7-5-11(6-8-12)10(2)20/h5-8H,4,9H2,1-3H3,(H,17,21)(H,18,23). The summed E-state index contributed by atoms with van der Waals surface area (Å²) in [4.78, 5) is 48.2. The molecule has 1 aromatic carbocycles. The molecule has 7 nitrogen and oxygen atoms in total. The van der Waals surface area contributed by atoms with Gasteiger partial charge in [0.25, 0.3) is 5.91 Å². The van der Waals surface area contributed by atoms with Crippen molar-refractivity contribution in [3.63, 3.8) is 0 Å². The lowest BCUT2D eigenvalue weighted by Gasteiger charge is -2.19. The summed E-state index contributed by atoms with van der Waals surface area (Å²) in [5, 5.41) is 5.19. The Hall–Kier alpha value is -2.70. The van der Waals surface area contributed by atoms with Crippen molar-refractivity contribution in [3.05, 3.63) is 29.8 Å². The second-order valence-corrected chi connectivity index (χ2v) is 5.69. The number of carbonyl (C=O) groups excluding carboxylic acids is 4. The Labute approximate surface area is 134 Å². The SMILES string of the molecule is CCC1(C)NC(=O)N(CC(=O)Nc2ccc(C(C)=O)cc2)C1=O. The largest absolute Gasteiger partial charge is 0.325 e. The molecule has 0 bridgehead atoms. The molecule has 0 saturated carbocycles. The molecule has 1 atom stereocenters. The maximum Gasteiger partial charge on any atom is 0.325 e. The van der Waals surface area contributed by atoms with Crippen LogP contribution in [0.2, 0.25) is 0 Å². The quantitative estimate of drug-likeness (QED) is 0.636. The third-order valence-corrected chi connectivity index (χ3v) is 3.93. The molecule has 1 saturated heterocycles. The molecule has 1 aliphatic heterocycles. The summed E-state index contributed by atoms with van der Waals surface area (Å²) in [6.45, 7) is 4.52. The lowest BCUT2D eigenvalue weighted by Crippen LogP contribution is -2.44. The van der Waals surface area contributed by atoms with Gasteiger partial charge in [-0.3, -0.25) is 19.3 Å². The van der Waals surface area contributed by atoms with Crippen LogP contribution in [0.1, 0.15) is 37.6 Å². The van der Waals surface area contributed by atoms with E-state index >= 15 is 0 Å². The molecule has 1 heterocycles. The van der Waals surface area contributed by atoms with Crippen LogP contribution < -0.4 is 10.6 Å². The Morgan fingerprint density at radius 2 is 1.83 bits per heavy atom. The fourth-order valence-electron chi connectivity index (χ4n) is 2.26. The molecule has 1 fully saturated rings. The lowest BCUT2D eigenvalue weighted by molar-refractivity contribution is -0.133. The van der Waals surface area contributed by atoms with Crippen molar-refractivity contribution < 1.29 is 19.2 Å². The number of amides is 4. The number of carbonyl (C=O) groups is 4. The second kappa shape index (κ2) is 6.20. The molecule has 7 heteroatoms. The van der Waals surface area contributed by atoms with Gasteiger partial charge in [0.15, 0.2) is 5.78 Å². The average molecular weight is 317 g/mol. The van der Waals surface area contributed by atoms with Gasteiger partial charge in [-0.15, -0.1) is 0 Å². The molecule has 0 aromatic heterocycles. The molecule has 1 unspecified atom stereocenters. The van der Waals surface area contributed by atoms with Crippen LogP contribution in [0.15, 0.2) is 24.3 Å². The number of benzene rings is 1. The normalized spacial score (nSPS) is 20.4. The molecular weight excluding hydrogens is 298 g/mol. The summed E-state index contributed by atoms with van der Waals surface area (Å²) in [5.41, 5.74) is 0.0710. The number of imide groups is 1. The molecule has 2 N–H and O–H groups in total. The van der Waals surface area contributed by atoms with E-state index in [1.54, 1.807) is 38.1 Å². The molecule has 4 amide bonds. The molecule has 23 heavy (non-hydrogen) atoms. The first kappa shape index (κ1) is 16.7. The van der Waals surface area contributed by atoms with E-state index < -0.39 is 23.4 Å². The zero-order valence-corrected chi connectivity index (χ0v) is 13.3. The zero-order chi connectivity index (χ0) is 17.2. The van der Waals surface area contributed by atoms with Crippen LogP contribution in [0.5, 0.6) is 0 Å². The lowest BCUT2D eigenvalue weighted by atomic mass is 9.99. The van der Waals surface area contributed by atoms with Crippen LogP contribution in [0.25, 0.3) is 0 Å². The van der Waals surface area contributed by atoms with Crippen LogP contribution in [0.4, 0.5) is 10.5 Å². The van der Waals surface area contributed by atoms with Crippen molar-refractivity contribution in [2.24, 2.45) is 0 Å². The minimum absolute atomic E-state index is 0.0685. The third kappa shape index (κ3) is 3.39. The van der Waals surface area contributed by atoms with Gasteiger partial charge >= 0.3 is 6.03 Å². The number of nitrogens with zero attached hydrogens (tertiary/aromatic N) is 1. The van der Waals surface area contributed by atoms with Gasteiger partial charge in [-0.25, -0.2) is 4.79 Å². The maximum atomic E-state index is 12.2. The molecule has 0 radical (unpaired) electrons. The van der Waals surface area contributed by atoms with E-state index in [1.807, 2.05) is 0 Å². The van der Waals surface area contributed by atoms with Crippen molar-refractivity contribution in [3.8, 4) is 0 Å². The number of rotatable bonds is 5. The molecule has 0 aliphatic carbocycles. The smallest absolute Gasteiger partial charge is 0.325 e. The summed E-state index contributed by atoms with van der Waals surface area (Å²) in [6, 6.07) is 5.81. The predicted molar refractivity (Wildman–Crippen MR) is 84.0 cm³/mol. The van der Waals surface area contributed by atoms with E-state index in [2.05, 4.69) is 10.6 Å². The van der Waals surface area contributed by atoms with Gasteiger partial charge in [-0.05, 0) is 44.5 Å². The Bertz CT molecular complexity index is 668. The highest BCUT2D eigenvalue weighted by atomic mass is 16.2. The van der Waals surface area contributed by atoms with Crippen molar-refractivity contribution >= 4 is 29.3 Å². The fourth-order valence-corrected chi connectivity index (χ4v) is 2.26. The van der Waals surface area contributed by atoms with Gasteiger partial charge in [0, 0.05) is 11.3 Å². The number of hydrogen-bond acceptors (Lipinski definition) is 4. The first-order chi connectivity index (χ1) is 10.8. The fraction of sp³-hybridized carbons (Fsp3) is 0.375. The Balaban J connectivity index is 2.01. The third-order valence-electron chi connectivity index (χ3n) is 3.93. The Kier molecular flexibility index (Phi) is 4.49. The number of anilines is 1. The highest BCUT2D eigenvalue weighted by Gasteiger charge is 2.46. The highest BCUT2D eigenvalue weighted by molar-refractivity contribution is 6.09. The monoisotopic (exact) mass is 317 g/mol. The van der Waals surface area contributed by atoms with E-state index in [4.69, 9.17) is 0 Å². The Morgan fingerprint density at radius 3 is 2.30 bits per heavy atom. The summed E-state index contributed by atoms with van der Waals surface area (Å²) in [5.74, 6) is -0.961. The van der Waals surface area contributed by atoms with Crippen LogP contribution in [-0.2, 0) is 9.59 Å². The van der Waals surface area contributed by atoms with Crippen molar-refractivity contribution in [1.29, 1.82) is 0 Å². The molecule has 1 aliphatic rings. The van der Waals surface area contributed by atoms with E-state index in [9.17, 15) is 19.2 Å². The van der Waals surface area contributed by atoms with Gasteiger partial charge < -0.3 is 10.6 Å². The molecule has 2 rings (SSSR count). The van der Waals surface area contributed by atoms with Gasteiger partial charge in [-0.1, -0.05) is 6.92 Å². The molecule has 1 aromatic rings. The molecule has 0 spiro atoms. The molecule has 122 valence electrons. The summed E-state index contributed by atoms with van der Waals surface area (Å²) < 4.78 is 0. The zero-order valence-electron chi connectivity index (χ0n) is 13.3. The van der Waals surface area contributed by atoms with E-state index in [0.29, 0.717) is 17.7 Å².